The number of carboxylic acid groups (broad SMARTS) is 1. The predicted octanol–water partition coefficient (Wildman–Crippen LogP) is -1.29. The minimum absolute atomic E-state index is 0. The van der Waals surface area contributed by atoms with Gasteiger partial charge in [-0.2, -0.15) is 0 Å². The maximum absolute atomic E-state index is 10.8. The summed E-state index contributed by atoms with van der Waals surface area (Å²) in [5.74, 6) is -0.863. The monoisotopic (exact) mass is 252 g/mol. The molecule has 2 rings (SSSR count). The number of carbonyl (C=O) groups is 1. The van der Waals surface area contributed by atoms with Crippen molar-refractivity contribution < 1.29 is 44.2 Å². The Morgan fingerprint density at radius 1 is 1.17 bits per heavy atom. The number of hydrogen-bond acceptors (Lipinski definition) is 3. The van der Waals surface area contributed by atoms with E-state index >= 15 is 0 Å². The van der Waals surface area contributed by atoms with Crippen LogP contribution in [0.2, 0.25) is 0 Å². The first-order valence-electron chi connectivity index (χ1n) is 5.40. The van der Waals surface area contributed by atoms with E-state index in [1.165, 1.54) is 0 Å². The minimum Gasteiger partial charge on any atom is -0.550 e. The summed E-state index contributed by atoms with van der Waals surface area (Å²) in [5.41, 5.74) is 0.752. The van der Waals surface area contributed by atoms with E-state index < -0.39 is 11.9 Å². The Kier molecular flexibility index (Phi) is 5.20. The number of rotatable bonds is 3. The minimum atomic E-state index is -1.06. The molecular weight excluding hydrogens is 239 g/mol. The molecule has 0 spiro atoms. The van der Waals surface area contributed by atoms with E-state index in [2.05, 4.69) is 0 Å². The second kappa shape index (κ2) is 6.23. The number of methoxy groups -OCH3 is 1. The third-order valence-corrected chi connectivity index (χ3v) is 2.93. The fourth-order valence-electron chi connectivity index (χ4n) is 1.77. The Bertz CT molecular complexity index is 566. The van der Waals surface area contributed by atoms with Crippen LogP contribution >= 0.6 is 0 Å². The summed E-state index contributed by atoms with van der Waals surface area (Å²) in [4.78, 5) is 10.8. The van der Waals surface area contributed by atoms with Crippen LogP contribution in [0.15, 0.2) is 36.4 Å². The van der Waals surface area contributed by atoms with Gasteiger partial charge < -0.3 is 14.6 Å². The normalized spacial score (nSPS) is 11.7. The Labute approximate surface area is 128 Å². The fourth-order valence-corrected chi connectivity index (χ4v) is 1.77. The number of ether oxygens (including phenoxy) is 1. The predicted molar refractivity (Wildman–Crippen MR) is 63.9 cm³/mol. The smallest absolute Gasteiger partial charge is 0.550 e. The van der Waals surface area contributed by atoms with Crippen LogP contribution in [0.3, 0.4) is 0 Å². The molecule has 2 aromatic rings. The SMILES string of the molecule is COc1ccc2cc([C@@H](C)C(=O)[O-])ccc2c1.[Na+]. The van der Waals surface area contributed by atoms with Crippen molar-refractivity contribution in [2.75, 3.05) is 7.11 Å². The molecule has 0 aliphatic rings. The van der Waals surface area contributed by atoms with Gasteiger partial charge in [0.15, 0.2) is 0 Å². The molecule has 0 heterocycles. The molecular formula is C14H13NaO3. The second-order valence-electron chi connectivity index (χ2n) is 4.01. The first-order chi connectivity index (χ1) is 8.11. The molecule has 3 nitrogen and oxygen atoms in total. The largest absolute Gasteiger partial charge is 1.00 e. The van der Waals surface area contributed by atoms with Gasteiger partial charge in [-0.1, -0.05) is 31.2 Å². The third-order valence-electron chi connectivity index (χ3n) is 2.93. The first-order valence-corrected chi connectivity index (χ1v) is 5.40. The summed E-state index contributed by atoms with van der Waals surface area (Å²) in [6.07, 6.45) is 0. The molecule has 0 fully saturated rings. The third kappa shape index (κ3) is 3.05. The van der Waals surface area contributed by atoms with Crippen molar-refractivity contribution in [1.82, 2.24) is 0 Å². The van der Waals surface area contributed by atoms with E-state index in [0.29, 0.717) is 0 Å². The molecule has 1 atom stereocenters. The van der Waals surface area contributed by atoms with E-state index in [1.807, 2.05) is 36.4 Å². The number of carbonyl (C=O) groups excluding carboxylic acids is 1. The van der Waals surface area contributed by atoms with Gasteiger partial charge in [0.2, 0.25) is 0 Å². The maximum Gasteiger partial charge on any atom is 1.00 e. The van der Waals surface area contributed by atoms with E-state index in [9.17, 15) is 9.90 Å². The van der Waals surface area contributed by atoms with Crippen LogP contribution in [0.25, 0.3) is 10.8 Å². The van der Waals surface area contributed by atoms with Crippen LogP contribution in [-0.2, 0) is 4.79 Å². The van der Waals surface area contributed by atoms with Gasteiger partial charge in [-0.05, 0) is 28.5 Å². The van der Waals surface area contributed by atoms with Crippen LogP contribution < -0.4 is 39.4 Å². The van der Waals surface area contributed by atoms with Gasteiger partial charge in [-0.25, -0.2) is 0 Å². The Morgan fingerprint density at radius 3 is 2.39 bits per heavy atom. The van der Waals surface area contributed by atoms with Gasteiger partial charge in [0.1, 0.15) is 5.75 Å². The number of aliphatic carboxylic acids is 1. The number of hydrogen-bond donors (Lipinski definition) is 0. The molecule has 0 aliphatic heterocycles. The van der Waals surface area contributed by atoms with Crippen molar-refractivity contribution in [1.29, 1.82) is 0 Å². The Morgan fingerprint density at radius 2 is 1.78 bits per heavy atom. The van der Waals surface area contributed by atoms with Gasteiger partial charge in [0, 0.05) is 11.9 Å². The Balaban J connectivity index is 0.00000162. The average Bonchev–Trinajstić information content (AvgIpc) is 2.36. The molecule has 0 radical (unpaired) electrons. The van der Waals surface area contributed by atoms with Gasteiger partial charge in [-0.3, -0.25) is 0 Å². The summed E-state index contributed by atoms with van der Waals surface area (Å²) in [6, 6.07) is 11.3. The summed E-state index contributed by atoms with van der Waals surface area (Å²) < 4.78 is 5.13. The average molecular weight is 252 g/mol. The van der Waals surface area contributed by atoms with E-state index in [1.54, 1.807) is 14.0 Å². The standard InChI is InChI=1S/C14H14O3.Na/c1-9(14(15)16)10-3-4-12-8-13(17-2)6-5-11(12)7-10;/h3-9H,1-2H3,(H,15,16);/q;+1/p-1/t9-;/m1./s1. The molecule has 0 amide bonds. The van der Waals surface area contributed by atoms with Crippen LogP contribution in [0.1, 0.15) is 18.4 Å². The van der Waals surface area contributed by atoms with E-state index in [4.69, 9.17) is 4.74 Å². The Hall–Kier alpha value is -1.03. The van der Waals surface area contributed by atoms with Crippen LogP contribution in [-0.4, -0.2) is 13.1 Å². The maximum atomic E-state index is 10.8. The molecule has 0 saturated carbocycles. The van der Waals surface area contributed by atoms with Gasteiger partial charge in [0.25, 0.3) is 0 Å². The van der Waals surface area contributed by atoms with Crippen molar-refractivity contribution in [3.8, 4) is 5.75 Å². The zero-order chi connectivity index (χ0) is 12.4. The summed E-state index contributed by atoms with van der Waals surface area (Å²) in [5, 5.41) is 12.8. The summed E-state index contributed by atoms with van der Waals surface area (Å²) in [7, 11) is 1.62. The molecule has 0 aromatic heterocycles. The summed E-state index contributed by atoms with van der Waals surface area (Å²) >= 11 is 0. The van der Waals surface area contributed by atoms with Crippen LogP contribution in [0.5, 0.6) is 5.75 Å². The van der Waals surface area contributed by atoms with Crippen molar-refractivity contribution in [3.63, 3.8) is 0 Å². The molecule has 18 heavy (non-hydrogen) atoms. The van der Waals surface area contributed by atoms with Crippen molar-refractivity contribution in [3.05, 3.63) is 42.0 Å². The molecule has 4 heteroatoms. The molecule has 0 saturated heterocycles. The molecule has 0 aliphatic carbocycles. The number of benzene rings is 2. The number of carboxylic acids is 1. The summed E-state index contributed by atoms with van der Waals surface area (Å²) in [6.45, 7) is 1.63. The zero-order valence-corrected chi connectivity index (χ0v) is 12.8. The first kappa shape index (κ1) is 15.0. The van der Waals surface area contributed by atoms with E-state index in [-0.39, 0.29) is 29.6 Å². The quantitative estimate of drug-likeness (QED) is 0.638. The van der Waals surface area contributed by atoms with Crippen LogP contribution in [0.4, 0.5) is 0 Å². The molecule has 0 unspecified atom stereocenters. The topological polar surface area (TPSA) is 49.4 Å². The van der Waals surface area contributed by atoms with Gasteiger partial charge >= 0.3 is 29.6 Å². The van der Waals surface area contributed by atoms with Crippen molar-refractivity contribution in [2.24, 2.45) is 0 Å². The van der Waals surface area contributed by atoms with Gasteiger partial charge in [-0.15, -0.1) is 0 Å². The number of fused-ring (bicyclic) bond motifs is 1. The molecule has 88 valence electrons. The fraction of sp³-hybridized carbons (Fsp3) is 0.214. The van der Waals surface area contributed by atoms with Crippen LogP contribution in [0, 0.1) is 0 Å². The van der Waals surface area contributed by atoms with Crippen molar-refractivity contribution >= 4 is 16.7 Å². The molecule has 0 N–H and O–H groups in total. The molecule has 0 bridgehead atoms. The van der Waals surface area contributed by atoms with Crippen molar-refractivity contribution in [2.45, 2.75) is 12.8 Å². The zero-order valence-electron chi connectivity index (χ0n) is 10.8. The second-order valence-corrected chi connectivity index (χ2v) is 4.01. The van der Waals surface area contributed by atoms with Gasteiger partial charge in [0.05, 0.1) is 7.11 Å². The molecule has 2 aromatic carbocycles. The van der Waals surface area contributed by atoms with E-state index in [0.717, 1.165) is 22.1 Å².